The number of fused-ring (bicyclic) bond motifs is 6. The zero-order valence-electron chi connectivity index (χ0n) is 21.0. The first-order chi connectivity index (χ1) is 19.3. The third kappa shape index (κ3) is 3.70. The van der Waals surface area contributed by atoms with Gasteiger partial charge in [-0.05, 0) is 65.7 Å². The van der Waals surface area contributed by atoms with Crippen LogP contribution in [0.2, 0.25) is 0 Å². The van der Waals surface area contributed by atoms with E-state index in [9.17, 15) is 0 Å². The Balaban J connectivity index is 1.32. The highest BCUT2D eigenvalue weighted by Crippen LogP contribution is 2.42. The van der Waals surface area contributed by atoms with Gasteiger partial charge in [0.1, 0.15) is 11.2 Å². The number of hydrogen-bond acceptors (Lipinski definition) is 3. The minimum atomic E-state index is 0.902. The number of hydrogen-bond donors (Lipinski definition) is 0. The molecule has 0 aliphatic carbocycles. The molecule has 3 heteroatoms. The van der Waals surface area contributed by atoms with E-state index in [0.717, 1.165) is 39.0 Å². The third-order valence-corrected chi connectivity index (χ3v) is 8.61. The Bertz CT molecular complexity index is 2120. The lowest BCUT2D eigenvalue weighted by atomic mass is 10.0. The van der Waals surface area contributed by atoms with Crippen LogP contribution in [-0.2, 0) is 0 Å². The van der Waals surface area contributed by atoms with E-state index in [4.69, 9.17) is 4.42 Å². The summed E-state index contributed by atoms with van der Waals surface area (Å²) in [5, 5.41) is 4.87. The van der Waals surface area contributed by atoms with Crippen molar-refractivity contribution < 1.29 is 4.42 Å². The first-order valence-electron chi connectivity index (χ1n) is 13.1. The molecule has 0 radical (unpaired) electrons. The molecular weight excluding hydrogens is 494 g/mol. The summed E-state index contributed by atoms with van der Waals surface area (Å²) in [4.78, 5) is 2.35. The van der Waals surface area contributed by atoms with Gasteiger partial charge in [-0.3, -0.25) is 0 Å². The van der Waals surface area contributed by atoms with Gasteiger partial charge >= 0.3 is 0 Å². The Morgan fingerprint density at radius 2 is 1.03 bits per heavy atom. The molecular formula is C36H23NOS. The number of nitrogens with zero attached hydrogens (tertiary/aromatic N) is 1. The first-order valence-corrected chi connectivity index (χ1v) is 13.9. The van der Waals surface area contributed by atoms with Gasteiger partial charge < -0.3 is 9.32 Å². The van der Waals surface area contributed by atoms with Gasteiger partial charge in [-0.15, -0.1) is 11.3 Å². The molecule has 0 saturated heterocycles. The molecule has 0 spiro atoms. The maximum Gasteiger partial charge on any atom is 0.135 e. The number of rotatable bonds is 4. The molecule has 0 fully saturated rings. The van der Waals surface area contributed by atoms with Crippen molar-refractivity contribution in [2.45, 2.75) is 0 Å². The van der Waals surface area contributed by atoms with E-state index < -0.39 is 0 Å². The molecule has 2 nitrogen and oxygen atoms in total. The van der Waals surface area contributed by atoms with E-state index in [-0.39, 0.29) is 0 Å². The van der Waals surface area contributed by atoms with E-state index in [0.29, 0.717) is 0 Å². The zero-order valence-corrected chi connectivity index (χ0v) is 21.9. The van der Waals surface area contributed by atoms with Crippen LogP contribution in [0, 0.1) is 0 Å². The van der Waals surface area contributed by atoms with Gasteiger partial charge in [-0.25, -0.2) is 0 Å². The average molecular weight is 518 g/mol. The smallest absolute Gasteiger partial charge is 0.135 e. The molecule has 8 aromatic rings. The van der Waals surface area contributed by atoms with Gasteiger partial charge in [-0.1, -0.05) is 84.9 Å². The molecule has 0 bridgehead atoms. The minimum Gasteiger partial charge on any atom is -0.456 e. The van der Waals surface area contributed by atoms with Gasteiger partial charge in [0.15, 0.2) is 0 Å². The highest BCUT2D eigenvalue weighted by Gasteiger charge is 2.17. The van der Waals surface area contributed by atoms with Crippen LogP contribution in [0.4, 0.5) is 17.1 Å². The Morgan fingerprint density at radius 3 is 1.90 bits per heavy atom. The average Bonchev–Trinajstić information content (AvgIpc) is 3.56. The molecule has 0 unspecified atom stereocenters. The Labute approximate surface area is 230 Å². The summed E-state index contributed by atoms with van der Waals surface area (Å²) >= 11 is 1.85. The highest BCUT2D eigenvalue weighted by atomic mass is 32.1. The van der Waals surface area contributed by atoms with Gasteiger partial charge in [0.25, 0.3) is 0 Å². The lowest BCUT2D eigenvalue weighted by Gasteiger charge is -2.26. The molecule has 0 saturated carbocycles. The maximum absolute atomic E-state index is 6.14. The van der Waals surface area contributed by atoms with Gasteiger partial charge in [0, 0.05) is 48.0 Å². The summed E-state index contributed by atoms with van der Waals surface area (Å²) < 4.78 is 8.74. The number of thiophene rings is 1. The summed E-state index contributed by atoms with van der Waals surface area (Å²) in [7, 11) is 0. The zero-order chi connectivity index (χ0) is 25.8. The van der Waals surface area contributed by atoms with Crippen molar-refractivity contribution in [3.8, 4) is 11.1 Å². The second-order valence-electron chi connectivity index (χ2n) is 9.81. The van der Waals surface area contributed by atoms with E-state index >= 15 is 0 Å². The molecule has 184 valence electrons. The van der Waals surface area contributed by atoms with Crippen molar-refractivity contribution in [1.82, 2.24) is 0 Å². The van der Waals surface area contributed by atoms with Gasteiger partial charge in [0.05, 0.1) is 0 Å². The quantitative estimate of drug-likeness (QED) is 0.231. The van der Waals surface area contributed by atoms with E-state index in [1.165, 1.54) is 31.3 Å². The molecule has 39 heavy (non-hydrogen) atoms. The molecule has 0 aliphatic rings. The molecule has 0 atom stereocenters. The summed E-state index contributed by atoms with van der Waals surface area (Å²) in [5.74, 6) is 0. The minimum absolute atomic E-state index is 0.902. The molecule has 2 heterocycles. The van der Waals surface area contributed by atoms with Crippen molar-refractivity contribution in [2.75, 3.05) is 4.90 Å². The molecule has 8 rings (SSSR count). The van der Waals surface area contributed by atoms with Crippen molar-refractivity contribution in [3.05, 3.63) is 140 Å². The number of anilines is 3. The fourth-order valence-corrected chi connectivity index (χ4v) is 6.73. The van der Waals surface area contributed by atoms with Crippen LogP contribution >= 0.6 is 11.3 Å². The SMILES string of the molecule is c1ccc(-c2ccc(N(c3ccc4c(c3)sc3ccccc34)c3ccc4oc5ccccc5c4c3)cc2)cc1. The van der Waals surface area contributed by atoms with Crippen LogP contribution in [0.25, 0.3) is 53.2 Å². The maximum atomic E-state index is 6.14. The van der Waals surface area contributed by atoms with Crippen LogP contribution in [0.1, 0.15) is 0 Å². The van der Waals surface area contributed by atoms with E-state index in [2.05, 4.69) is 132 Å². The molecule has 0 aliphatic heterocycles. The fraction of sp³-hybridized carbons (Fsp3) is 0. The first kappa shape index (κ1) is 22.2. The number of furan rings is 1. The van der Waals surface area contributed by atoms with Crippen LogP contribution in [0.5, 0.6) is 0 Å². The number of benzene rings is 6. The third-order valence-electron chi connectivity index (χ3n) is 7.47. The summed E-state index contributed by atoms with van der Waals surface area (Å²) in [6, 6.07) is 49.6. The standard InChI is InChI=1S/C36H23NOS/c1-2-8-24(9-3-1)25-14-16-26(17-15-25)37(27-19-21-34-32(22-27)29-10-4-6-12-33(29)38-34)28-18-20-31-30-11-5-7-13-35(30)39-36(31)23-28/h1-23H. The lowest BCUT2D eigenvalue weighted by Crippen LogP contribution is -2.09. The molecule has 6 aromatic carbocycles. The van der Waals surface area contributed by atoms with Gasteiger partial charge in [0.2, 0.25) is 0 Å². The van der Waals surface area contributed by atoms with Crippen molar-refractivity contribution >= 4 is 70.5 Å². The Hall–Kier alpha value is -4.86. The predicted octanol–water partition coefficient (Wildman–Crippen LogP) is 11.1. The second-order valence-corrected chi connectivity index (χ2v) is 10.9. The largest absolute Gasteiger partial charge is 0.456 e. The van der Waals surface area contributed by atoms with E-state index in [1.807, 2.05) is 23.5 Å². The van der Waals surface area contributed by atoms with Crippen molar-refractivity contribution in [3.63, 3.8) is 0 Å². The van der Waals surface area contributed by atoms with Gasteiger partial charge in [-0.2, -0.15) is 0 Å². The van der Waals surface area contributed by atoms with Crippen LogP contribution in [-0.4, -0.2) is 0 Å². The van der Waals surface area contributed by atoms with Crippen LogP contribution in [0.15, 0.2) is 144 Å². The van der Waals surface area contributed by atoms with Crippen molar-refractivity contribution in [1.29, 1.82) is 0 Å². The fourth-order valence-electron chi connectivity index (χ4n) is 5.59. The molecule has 2 aromatic heterocycles. The summed E-state index contributed by atoms with van der Waals surface area (Å²) in [6.07, 6.45) is 0. The van der Waals surface area contributed by atoms with Crippen molar-refractivity contribution in [2.24, 2.45) is 0 Å². The summed E-state index contributed by atoms with van der Waals surface area (Å²) in [5.41, 5.74) is 7.58. The topological polar surface area (TPSA) is 16.4 Å². The van der Waals surface area contributed by atoms with Crippen LogP contribution < -0.4 is 4.90 Å². The Kier molecular flexibility index (Phi) is 5.04. The normalized spacial score (nSPS) is 11.6. The highest BCUT2D eigenvalue weighted by molar-refractivity contribution is 7.25. The Morgan fingerprint density at radius 1 is 0.410 bits per heavy atom. The molecule has 0 N–H and O–H groups in total. The molecule has 0 amide bonds. The summed E-state index contributed by atoms with van der Waals surface area (Å²) in [6.45, 7) is 0. The van der Waals surface area contributed by atoms with E-state index in [1.54, 1.807) is 0 Å². The van der Waals surface area contributed by atoms with Crippen LogP contribution in [0.3, 0.4) is 0 Å². The number of para-hydroxylation sites is 1. The predicted molar refractivity (Wildman–Crippen MR) is 167 cm³/mol. The lowest BCUT2D eigenvalue weighted by molar-refractivity contribution is 0.669. The second kappa shape index (κ2) is 8.87. The monoisotopic (exact) mass is 517 g/mol.